The van der Waals surface area contributed by atoms with Gasteiger partial charge in [0.2, 0.25) is 11.8 Å². The summed E-state index contributed by atoms with van der Waals surface area (Å²) in [7, 11) is 0. The predicted octanol–water partition coefficient (Wildman–Crippen LogP) is 1.04. The van der Waals surface area contributed by atoms with Crippen LogP contribution in [-0.2, 0) is 22.7 Å². The summed E-state index contributed by atoms with van der Waals surface area (Å²) in [4.78, 5) is 37.9. The fourth-order valence-corrected chi connectivity index (χ4v) is 4.12. The Balaban J connectivity index is 1.36. The summed E-state index contributed by atoms with van der Waals surface area (Å²) in [5.41, 5.74) is 2.89. The SMILES string of the molecule is O=C1CCC(N2Cc3cc(-n4cc(Cn5cc(Br)cn5)nn4)ccc3C2=O)C(=O)N1. The van der Waals surface area contributed by atoms with Crippen LogP contribution in [0.15, 0.2) is 41.3 Å². The Labute approximate surface area is 179 Å². The molecule has 4 heterocycles. The van der Waals surface area contributed by atoms with E-state index in [2.05, 4.69) is 36.7 Å². The Bertz CT molecular complexity index is 1180. The van der Waals surface area contributed by atoms with Crippen LogP contribution in [0.1, 0.15) is 34.5 Å². The summed E-state index contributed by atoms with van der Waals surface area (Å²) in [6.07, 6.45) is 5.94. The molecule has 2 aliphatic heterocycles. The van der Waals surface area contributed by atoms with Crippen molar-refractivity contribution in [3.8, 4) is 5.69 Å². The standard InChI is InChI=1S/C19H16BrN7O3/c20-12-6-21-25(8-12)9-13-10-27(24-23-13)14-1-2-15-11(5-14)7-26(19(15)30)16-3-4-17(28)22-18(16)29/h1-2,5-6,8,10,16H,3-4,7,9H2,(H,22,28,29). The Kier molecular flexibility index (Phi) is 4.46. The molecule has 0 spiro atoms. The quantitative estimate of drug-likeness (QED) is 0.570. The second-order valence-corrected chi connectivity index (χ2v) is 8.17. The van der Waals surface area contributed by atoms with Crippen molar-refractivity contribution in [1.82, 2.24) is 35.0 Å². The summed E-state index contributed by atoms with van der Waals surface area (Å²) in [6, 6.07) is 4.79. The minimum absolute atomic E-state index is 0.199. The number of hydrogen-bond acceptors (Lipinski definition) is 6. The number of amides is 3. The summed E-state index contributed by atoms with van der Waals surface area (Å²) >= 11 is 3.36. The van der Waals surface area contributed by atoms with Crippen molar-refractivity contribution in [2.45, 2.75) is 32.0 Å². The predicted molar refractivity (Wildman–Crippen MR) is 106 cm³/mol. The first-order chi connectivity index (χ1) is 14.5. The molecular weight excluding hydrogens is 454 g/mol. The second-order valence-electron chi connectivity index (χ2n) is 7.25. The molecule has 0 radical (unpaired) electrons. The van der Waals surface area contributed by atoms with E-state index in [9.17, 15) is 14.4 Å². The molecule has 0 aliphatic carbocycles. The van der Waals surface area contributed by atoms with E-state index >= 15 is 0 Å². The van der Waals surface area contributed by atoms with Gasteiger partial charge in [0, 0.05) is 24.7 Å². The van der Waals surface area contributed by atoms with Gasteiger partial charge in [0.15, 0.2) is 0 Å². The number of halogens is 1. The number of fused-ring (bicyclic) bond motifs is 1. The third kappa shape index (κ3) is 3.30. The van der Waals surface area contributed by atoms with E-state index in [1.807, 2.05) is 18.5 Å². The van der Waals surface area contributed by atoms with Gasteiger partial charge < -0.3 is 4.90 Å². The van der Waals surface area contributed by atoms with E-state index in [-0.39, 0.29) is 18.2 Å². The number of piperidine rings is 1. The lowest BCUT2D eigenvalue weighted by Crippen LogP contribution is -2.52. The lowest BCUT2D eigenvalue weighted by atomic mass is 10.0. The van der Waals surface area contributed by atoms with Crippen LogP contribution < -0.4 is 5.32 Å². The van der Waals surface area contributed by atoms with Crippen molar-refractivity contribution in [2.75, 3.05) is 0 Å². The lowest BCUT2D eigenvalue weighted by molar-refractivity contribution is -0.136. The highest BCUT2D eigenvalue weighted by atomic mass is 79.9. The largest absolute Gasteiger partial charge is 0.322 e. The van der Waals surface area contributed by atoms with Crippen molar-refractivity contribution in [1.29, 1.82) is 0 Å². The number of rotatable bonds is 4. The third-order valence-electron chi connectivity index (χ3n) is 5.24. The van der Waals surface area contributed by atoms with Gasteiger partial charge in [-0.2, -0.15) is 5.10 Å². The van der Waals surface area contributed by atoms with Crippen molar-refractivity contribution < 1.29 is 14.4 Å². The maximum absolute atomic E-state index is 12.8. The van der Waals surface area contributed by atoms with Gasteiger partial charge in [-0.05, 0) is 46.1 Å². The Hall–Kier alpha value is -3.34. The third-order valence-corrected chi connectivity index (χ3v) is 5.65. The minimum Gasteiger partial charge on any atom is -0.322 e. The summed E-state index contributed by atoms with van der Waals surface area (Å²) in [5.74, 6) is -0.916. The monoisotopic (exact) mass is 469 g/mol. The first-order valence-corrected chi connectivity index (χ1v) is 10.1. The molecule has 0 bridgehead atoms. The maximum atomic E-state index is 12.8. The van der Waals surface area contributed by atoms with Crippen LogP contribution in [0.25, 0.3) is 5.69 Å². The van der Waals surface area contributed by atoms with Crippen LogP contribution in [0.5, 0.6) is 0 Å². The average Bonchev–Trinajstić information content (AvgIpc) is 3.42. The van der Waals surface area contributed by atoms with Crippen LogP contribution in [0, 0.1) is 0 Å². The summed E-state index contributed by atoms with van der Waals surface area (Å²) < 4.78 is 4.28. The highest BCUT2D eigenvalue weighted by Gasteiger charge is 2.39. The van der Waals surface area contributed by atoms with E-state index in [1.165, 1.54) is 4.90 Å². The lowest BCUT2D eigenvalue weighted by Gasteiger charge is -2.29. The Morgan fingerprint density at radius 2 is 2.07 bits per heavy atom. The molecular formula is C19H16BrN7O3. The van der Waals surface area contributed by atoms with Crippen molar-refractivity contribution in [2.24, 2.45) is 0 Å². The van der Waals surface area contributed by atoms with Gasteiger partial charge >= 0.3 is 0 Å². The molecule has 30 heavy (non-hydrogen) atoms. The average molecular weight is 470 g/mol. The second kappa shape index (κ2) is 7.17. The van der Waals surface area contributed by atoms with E-state index in [4.69, 9.17) is 0 Å². The molecule has 1 N–H and O–H groups in total. The number of nitrogens with one attached hydrogen (secondary N) is 1. The summed E-state index contributed by atoms with van der Waals surface area (Å²) in [5, 5.41) is 14.9. The van der Waals surface area contributed by atoms with Gasteiger partial charge in [0.1, 0.15) is 11.7 Å². The molecule has 1 unspecified atom stereocenters. The van der Waals surface area contributed by atoms with Gasteiger partial charge in [-0.25, -0.2) is 4.68 Å². The molecule has 0 saturated carbocycles. The fourth-order valence-electron chi connectivity index (χ4n) is 3.79. The molecule has 1 aromatic carbocycles. The van der Waals surface area contributed by atoms with E-state index in [1.54, 1.807) is 27.7 Å². The first kappa shape index (κ1) is 18.7. The highest BCUT2D eigenvalue weighted by molar-refractivity contribution is 9.10. The zero-order valence-electron chi connectivity index (χ0n) is 15.7. The van der Waals surface area contributed by atoms with Crippen LogP contribution in [-0.4, -0.2) is 53.4 Å². The molecule has 2 aromatic heterocycles. The number of imide groups is 1. The van der Waals surface area contributed by atoms with Crippen LogP contribution >= 0.6 is 15.9 Å². The fraction of sp³-hybridized carbons (Fsp3) is 0.263. The molecule has 1 fully saturated rings. The normalized spacial score (nSPS) is 18.6. The van der Waals surface area contributed by atoms with Crippen molar-refractivity contribution >= 4 is 33.7 Å². The minimum atomic E-state index is -0.627. The number of nitrogens with zero attached hydrogens (tertiary/aromatic N) is 6. The summed E-state index contributed by atoms with van der Waals surface area (Å²) in [6.45, 7) is 0.801. The van der Waals surface area contributed by atoms with E-state index < -0.39 is 11.9 Å². The number of aromatic nitrogens is 5. The van der Waals surface area contributed by atoms with Crippen molar-refractivity contribution in [3.05, 3.63) is 58.1 Å². The smallest absolute Gasteiger partial charge is 0.255 e. The van der Waals surface area contributed by atoms with Gasteiger partial charge in [0.25, 0.3) is 5.91 Å². The zero-order chi connectivity index (χ0) is 20.8. The molecule has 11 heteroatoms. The van der Waals surface area contributed by atoms with Crippen LogP contribution in [0.2, 0.25) is 0 Å². The van der Waals surface area contributed by atoms with Gasteiger partial charge in [-0.15, -0.1) is 5.10 Å². The van der Waals surface area contributed by atoms with Crippen molar-refractivity contribution in [3.63, 3.8) is 0 Å². The number of hydrogen-bond donors (Lipinski definition) is 1. The molecule has 3 amide bonds. The number of carbonyl (C=O) groups excluding carboxylic acids is 3. The number of benzene rings is 1. The van der Waals surface area contributed by atoms with E-state index in [0.717, 1.165) is 21.4 Å². The number of carbonyl (C=O) groups is 3. The molecule has 2 aliphatic rings. The van der Waals surface area contributed by atoms with Crippen LogP contribution in [0.4, 0.5) is 0 Å². The molecule has 3 aromatic rings. The van der Waals surface area contributed by atoms with Crippen LogP contribution in [0.3, 0.4) is 0 Å². The van der Waals surface area contributed by atoms with Gasteiger partial charge in [-0.1, -0.05) is 5.21 Å². The topological polar surface area (TPSA) is 115 Å². The first-order valence-electron chi connectivity index (χ1n) is 9.35. The highest BCUT2D eigenvalue weighted by Crippen LogP contribution is 2.29. The molecule has 10 nitrogen and oxygen atoms in total. The molecule has 1 atom stereocenters. The molecule has 1 saturated heterocycles. The van der Waals surface area contributed by atoms with Gasteiger partial charge in [-0.3, -0.25) is 24.4 Å². The van der Waals surface area contributed by atoms with E-state index in [0.29, 0.717) is 25.1 Å². The van der Waals surface area contributed by atoms with Gasteiger partial charge in [0.05, 0.1) is 29.1 Å². The maximum Gasteiger partial charge on any atom is 0.255 e. The zero-order valence-corrected chi connectivity index (χ0v) is 17.2. The molecule has 152 valence electrons. The Morgan fingerprint density at radius 3 is 2.83 bits per heavy atom. The molecule has 5 rings (SSSR count). The Morgan fingerprint density at radius 1 is 1.20 bits per heavy atom.